The Balaban J connectivity index is 0.000000464. The first kappa shape index (κ1) is 45.7. The van der Waals surface area contributed by atoms with Gasteiger partial charge in [-0.1, -0.05) is 51.4 Å². The van der Waals surface area contributed by atoms with Gasteiger partial charge in [-0.3, -0.25) is 14.4 Å². The zero-order chi connectivity index (χ0) is 39.3. The van der Waals surface area contributed by atoms with Crippen molar-refractivity contribution in [3.8, 4) is 5.00 Å². The summed E-state index contributed by atoms with van der Waals surface area (Å²) < 4.78 is 13.4. The van der Waals surface area contributed by atoms with Gasteiger partial charge in [-0.05, 0) is 99.8 Å². The first-order valence-corrected chi connectivity index (χ1v) is 19.1. The van der Waals surface area contributed by atoms with Gasteiger partial charge in [0, 0.05) is 53.7 Å². The molecule has 0 spiro atoms. The quantitative estimate of drug-likeness (QED) is 0.234. The van der Waals surface area contributed by atoms with Crippen molar-refractivity contribution in [2.24, 2.45) is 4.99 Å². The lowest BCUT2D eigenvalue weighted by molar-refractivity contribution is -0.120. The Labute approximate surface area is 316 Å². The first-order valence-electron chi connectivity index (χ1n) is 17.9. The van der Waals surface area contributed by atoms with Crippen LogP contribution in [0.15, 0.2) is 29.3 Å². The fraction of sp³-hybridized carbons (Fsp3) is 0.615. The number of carbonyl (C=O) groups is 2. The molecule has 2 amide bonds. The highest BCUT2D eigenvalue weighted by molar-refractivity contribution is 7.15. The van der Waals surface area contributed by atoms with Gasteiger partial charge in [0.2, 0.25) is 5.91 Å². The molecule has 0 atom stereocenters. The lowest BCUT2D eigenvalue weighted by Gasteiger charge is -2.31. The molecule has 4 rings (SSSR count). The second kappa shape index (κ2) is 20.1. The third-order valence-electron chi connectivity index (χ3n) is 7.68. The molecule has 0 radical (unpaired) electrons. The van der Waals surface area contributed by atoms with Crippen molar-refractivity contribution in [2.75, 3.05) is 20.2 Å². The van der Waals surface area contributed by atoms with Crippen LogP contribution in [0.25, 0.3) is 5.00 Å². The predicted octanol–water partition coefficient (Wildman–Crippen LogP) is 9.65. The van der Waals surface area contributed by atoms with Crippen LogP contribution in [0.5, 0.6) is 0 Å². The van der Waals surface area contributed by atoms with E-state index >= 15 is 0 Å². The monoisotopic (exact) mass is 746 g/mol. The number of hydrogen-bond acceptors (Lipinski definition) is 8. The molecule has 51 heavy (non-hydrogen) atoms. The smallest absolute Gasteiger partial charge is 0.410 e. The maximum Gasteiger partial charge on any atom is 0.410 e. The Morgan fingerprint density at radius 2 is 1.55 bits per heavy atom. The molecule has 3 aromatic rings. The van der Waals surface area contributed by atoms with Crippen molar-refractivity contribution in [3.63, 3.8) is 0 Å². The Kier molecular flexibility index (Phi) is 18.0. The van der Waals surface area contributed by atoms with E-state index < -0.39 is 5.60 Å². The summed E-state index contributed by atoms with van der Waals surface area (Å²) in [6.07, 6.45) is 1.09. The number of carbonyl (C=O) groups excluding carboxylic acids is 2. The third-order valence-corrected chi connectivity index (χ3v) is 9.13. The van der Waals surface area contributed by atoms with Crippen LogP contribution in [0.4, 0.5) is 4.79 Å². The zero-order valence-corrected chi connectivity index (χ0v) is 35.6. The van der Waals surface area contributed by atoms with Crippen LogP contribution in [0.2, 0.25) is 5.02 Å². The maximum absolute atomic E-state index is 11.9. The summed E-state index contributed by atoms with van der Waals surface area (Å²) in [5.74, 6) is 1.74. The number of aliphatic imine (C=N–C) groups is 1. The SMILES string of the molecule is CC.CC.CC(=O)NC(C)(C)CCOC(C)(C)CCN(C)C(=O)OC(C)(C)C.Cc1sc2c(c1C)C(c1ccc(Cl)cc1)=NCc1nnc(C)n1-2. The summed E-state index contributed by atoms with van der Waals surface area (Å²) in [6.45, 7) is 30.9. The molecule has 1 aliphatic heterocycles. The van der Waals surface area contributed by atoms with Crippen LogP contribution < -0.4 is 5.32 Å². The molecule has 10 nitrogen and oxygen atoms in total. The van der Waals surface area contributed by atoms with Gasteiger partial charge in [-0.2, -0.15) is 0 Å². The van der Waals surface area contributed by atoms with E-state index in [2.05, 4.69) is 33.9 Å². The highest BCUT2D eigenvalue weighted by Gasteiger charge is 2.27. The molecule has 3 heterocycles. The zero-order valence-electron chi connectivity index (χ0n) is 34.0. The molecule has 0 bridgehead atoms. The Hall–Kier alpha value is -3.28. The lowest BCUT2D eigenvalue weighted by atomic mass is 10.00. The molecule has 0 unspecified atom stereocenters. The number of aromatic nitrogens is 3. The normalized spacial score (nSPS) is 12.2. The minimum absolute atomic E-state index is 0.0433. The number of halogens is 1. The van der Waals surface area contributed by atoms with E-state index in [4.69, 9.17) is 26.1 Å². The minimum atomic E-state index is -0.493. The van der Waals surface area contributed by atoms with Gasteiger partial charge in [0.1, 0.15) is 23.0 Å². The molecule has 0 aliphatic carbocycles. The number of rotatable bonds is 9. The van der Waals surface area contributed by atoms with Gasteiger partial charge in [-0.15, -0.1) is 21.5 Å². The Morgan fingerprint density at radius 3 is 2.10 bits per heavy atom. The van der Waals surface area contributed by atoms with E-state index in [1.54, 1.807) is 23.3 Å². The molecular weight excluding hydrogens is 684 g/mol. The average Bonchev–Trinajstić information content (AvgIpc) is 3.48. The van der Waals surface area contributed by atoms with E-state index in [-0.39, 0.29) is 23.1 Å². The summed E-state index contributed by atoms with van der Waals surface area (Å²) in [4.78, 5) is 30.8. The van der Waals surface area contributed by atoms with Crippen molar-refractivity contribution in [1.29, 1.82) is 0 Å². The first-order chi connectivity index (χ1) is 23.7. The van der Waals surface area contributed by atoms with Crippen LogP contribution in [-0.2, 0) is 20.8 Å². The number of hydrogen-bond donors (Lipinski definition) is 1. The number of ether oxygens (including phenoxy) is 2. The minimum Gasteiger partial charge on any atom is -0.444 e. The number of aryl methyl sites for hydroxylation is 2. The molecule has 286 valence electrons. The van der Waals surface area contributed by atoms with Crippen LogP contribution >= 0.6 is 22.9 Å². The van der Waals surface area contributed by atoms with Gasteiger partial charge >= 0.3 is 6.09 Å². The maximum atomic E-state index is 11.9. The molecule has 1 N–H and O–H groups in total. The van der Waals surface area contributed by atoms with E-state index in [1.165, 1.54) is 22.9 Å². The number of thiophene rings is 1. The lowest BCUT2D eigenvalue weighted by Crippen LogP contribution is -2.44. The second-order valence-corrected chi connectivity index (χ2v) is 15.8. The molecule has 0 saturated carbocycles. The van der Waals surface area contributed by atoms with Gasteiger partial charge in [0.15, 0.2) is 5.82 Å². The fourth-order valence-electron chi connectivity index (χ4n) is 4.95. The Morgan fingerprint density at radius 1 is 0.961 bits per heavy atom. The molecule has 1 aliphatic rings. The summed E-state index contributed by atoms with van der Waals surface area (Å²) in [5, 5.41) is 13.3. The van der Waals surface area contributed by atoms with Crippen molar-refractivity contribution < 1.29 is 19.1 Å². The highest BCUT2D eigenvalue weighted by Crippen LogP contribution is 2.36. The van der Waals surface area contributed by atoms with Crippen molar-refractivity contribution in [3.05, 3.63) is 62.5 Å². The van der Waals surface area contributed by atoms with Crippen molar-refractivity contribution in [2.45, 2.75) is 140 Å². The topological polar surface area (TPSA) is 111 Å². The van der Waals surface area contributed by atoms with Gasteiger partial charge < -0.3 is 19.7 Å². The van der Waals surface area contributed by atoms with Gasteiger partial charge in [-0.25, -0.2) is 4.79 Å². The summed E-state index contributed by atoms with van der Waals surface area (Å²) >= 11 is 7.80. The van der Waals surface area contributed by atoms with Crippen LogP contribution in [0.3, 0.4) is 0 Å². The number of benzene rings is 1. The molecule has 1 aromatic carbocycles. The molecule has 2 aromatic heterocycles. The Bertz CT molecular complexity index is 1590. The molecular formula is C39H63ClN6O4S. The molecule has 0 fully saturated rings. The molecule has 0 saturated heterocycles. The second-order valence-electron chi connectivity index (χ2n) is 14.2. The van der Waals surface area contributed by atoms with Crippen LogP contribution in [0.1, 0.15) is 129 Å². The van der Waals surface area contributed by atoms with E-state index in [1.807, 2.05) is 107 Å². The van der Waals surface area contributed by atoms with Crippen molar-refractivity contribution in [1.82, 2.24) is 25.0 Å². The number of fused-ring (bicyclic) bond motifs is 3. The standard InChI is InChI=1S/C18H36N2O4.C17H15ClN4S.2C2H6/c1-14(21)19-17(5,6)11-13-23-18(7,8)10-12-20(9)15(22)24-16(2,3)4;1-9-10(2)23-17-15(9)16(12-4-6-13(18)7-5-12)19-8-14-21-20-11(3)22(14)17;2*1-2/h10-13H2,1-9H3,(H,19,21);4-7H,8H2,1-3H3;2*1-2H3. The number of nitrogens with zero attached hydrogens (tertiary/aromatic N) is 5. The summed E-state index contributed by atoms with van der Waals surface area (Å²) in [5.41, 5.74) is 3.37. The highest BCUT2D eigenvalue weighted by atomic mass is 35.5. The van der Waals surface area contributed by atoms with Crippen molar-refractivity contribution >= 4 is 40.6 Å². The average molecular weight is 747 g/mol. The fourth-order valence-corrected chi connectivity index (χ4v) is 6.30. The van der Waals surface area contributed by atoms with E-state index in [9.17, 15) is 9.59 Å². The largest absolute Gasteiger partial charge is 0.444 e. The summed E-state index contributed by atoms with van der Waals surface area (Å²) in [6, 6.07) is 7.86. The van der Waals surface area contributed by atoms with Crippen LogP contribution in [-0.4, -0.2) is 74.3 Å². The van der Waals surface area contributed by atoms with Gasteiger partial charge in [0.25, 0.3) is 0 Å². The third kappa shape index (κ3) is 14.3. The molecule has 12 heteroatoms. The van der Waals surface area contributed by atoms with E-state index in [0.717, 1.165) is 39.4 Å². The van der Waals surface area contributed by atoms with Gasteiger partial charge in [0.05, 0.1) is 11.3 Å². The number of nitrogens with one attached hydrogen (secondary N) is 1. The van der Waals surface area contributed by atoms with E-state index in [0.29, 0.717) is 26.1 Å². The number of amides is 2. The summed E-state index contributed by atoms with van der Waals surface area (Å²) in [7, 11) is 1.73. The van der Waals surface area contributed by atoms with Crippen LogP contribution in [0, 0.1) is 20.8 Å². The predicted molar refractivity (Wildman–Crippen MR) is 213 cm³/mol.